The van der Waals surface area contributed by atoms with Crippen LogP contribution in [-0.2, 0) is 6.42 Å². The standard InChI is InChI=1S/C20H29NS2/c1-21(16-9-7-13-19-11-4-2-5-12-19)15-8-3-6-14-20-22-17-10-18-23-20/h2,4-5,11-12,20H,6-7,9-10,13-18H2,1H3. The molecule has 1 heterocycles. The maximum Gasteiger partial charge on any atom is 0.0599 e. The van der Waals surface area contributed by atoms with E-state index < -0.39 is 0 Å². The van der Waals surface area contributed by atoms with Crippen molar-refractivity contribution in [1.82, 2.24) is 4.90 Å². The molecule has 0 N–H and O–H groups in total. The van der Waals surface area contributed by atoms with Crippen LogP contribution in [0, 0.1) is 11.8 Å². The second-order valence-electron chi connectivity index (χ2n) is 6.10. The fraction of sp³-hybridized carbons (Fsp3) is 0.600. The summed E-state index contributed by atoms with van der Waals surface area (Å²) in [6.45, 7) is 2.06. The van der Waals surface area contributed by atoms with Gasteiger partial charge in [0.25, 0.3) is 0 Å². The van der Waals surface area contributed by atoms with E-state index in [1.165, 1.54) is 49.2 Å². The van der Waals surface area contributed by atoms with Crippen LogP contribution in [0.1, 0.15) is 37.7 Å². The summed E-state index contributed by atoms with van der Waals surface area (Å²) in [5.74, 6) is 9.39. The van der Waals surface area contributed by atoms with Crippen molar-refractivity contribution >= 4 is 23.5 Å². The SMILES string of the molecule is CN(CC#CCCC1SCCCS1)CCCCc1ccccc1. The highest BCUT2D eigenvalue weighted by Gasteiger charge is 2.12. The molecule has 0 bridgehead atoms. The number of hydrogen-bond acceptors (Lipinski definition) is 3. The van der Waals surface area contributed by atoms with Gasteiger partial charge in [-0.15, -0.1) is 29.4 Å². The number of thioether (sulfide) groups is 2. The van der Waals surface area contributed by atoms with Crippen LogP contribution in [0.5, 0.6) is 0 Å². The lowest BCUT2D eigenvalue weighted by molar-refractivity contribution is 0.364. The monoisotopic (exact) mass is 347 g/mol. The third-order valence-corrected chi connectivity index (χ3v) is 7.05. The van der Waals surface area contributed by atoms with Crippen molar-refractivity contribution in [1.29, 1.82) is 0 Å². The Bertz CT molecular complexity index is 471. The van der Waals surface area contributed by atoms with E-state index in [4.69, 9.17) is 0 Å². The fourth-order valence-corrected chi connectivity index (χ4v) is 5.47. The summed E-state index contributed by atoms with van der Waals surface area (Å²) >= 11 is 4.25. The highest BCUT2D eigenvalue weighted by molar-refractivity contribution is 8.17. The van der Waals surface area contributed by atoms with Gasteiger partial charge in [0.1, 0.15) is 0 Å². The smallest absolute Gasteiger partial charge is 0.0599 e. The summed E-state index contributed by atoms with van der Waals surface area (Å²) in [6.07, 6.45) is 7.40. The van der Waals surface area contributed by atoms with E-state index in [1.807, 2.05) is 0 Å². The van der Waals surface area contributed by atoms with Gasteiger partial charge >= 0.3 is 0 Å². The summed E-state index contributed by atoms with van der Waals surface area (Å²) in [6, 6.07) is 10.8. The Morgan fingerprint density at radius 3 is 2.65 bits per heavy atom. The third-order valence-electron chi connectivity index (χ3n) is 3.97. The van der Waals surface area contributed by atoms with E-state index in [0.29, 0.717) is 0 Å². The molecule has 3 heteroatoms. The van der Waals surface area contributed by atoms with E-state index >= 15 is 0 Å². The van der Waals surface area contributed by atoms with Crippen molar-refractivity contribution in [2.75, 3.05) is 31.6 Å². The van der Waals surface area contributed by atoms with E-state index in [9.17, 15) is 0 Å². The number of unbranched alkanes of at least 4 members (excludes halogenated alkanes) is 1. The van der Waals surface area contributed by atoms with Crippen molar-refractivity contribution in [2.45, 2.75) is 43.1 Å². The van der Waals surface area contributed by atoms with Gasteiger partial charge in [0.15, 0.2) is 0 Å². The predicted octanol–water partition coefficient (Wildman–Crippen LogP) is 4.92. The number of benzene rings is 1. The van der Waals surface area contributed by atoms with Crippen LogP contribution in [0.4, 0.5) is 0 Å². The lowest BCUT2D eigenvalue weighted by Gasteiger charge is -2.19. The average molecular weight is 348 g/mol. The predicted molar refractivity (Wildman–Crippen MR) is 107 cm³/mol. The largest absolute Gasteiger partial charge is 0.295 e. The second kappa shape index (κ2) is 11.9. The quantitative estimate of drug-likeness (QED) is 0.485. The van der Waals surface area contributed by atoms with Crippen LogP contribution in [-0.4, -0.2) is 41.1 Å². The zero-order chi connectivity index (χ0) is 16.2. The molecule has 23 heavy (non-hydrogen) atoms. The zero-order valence-corrected chi connectivity index (χ0v) is 15.9. The van der Waals surface area contributed by atoms with Gasteiger partial charge in [0.05, 0.1) is 11.1 Å². The molecule has 1 saturated heterocycles. The summed E-state index contributed by atoms with van der Waals surface area (Å²) in [5.41, 5.74) is 1.45. The highest BCUT2D eigenvalue weighted by atomic mass is 32.2. The first kappa shape index (κ1) is 18.8. The summed E-state index contributed by atoms with van der Waals surface area (Å²) in [4.78, 5) is 2.35. The van der Waals surface area contributed by atoms with Crippen molar-refractivity contribution in [3.63, 3.8) is 0 Å². The molecule has 2 rings (SSSR count). The molecule has 0 aromatic heterocycles. The molecule has 1 aromatic rings. The summed E-state index contributed by atoms with van der Waals surface area (Å²) in [5, 5.41) is 0. The van der Waals surface area contributed by atoms with Crippen LogP contribution in [0.2, 0.25) is 0 Å². The van der Waals surface area contributed by atoms with Gasteiger partial charge in [0.2, 0.25) is 0 Å². The first-order valence-corrected chi connectivity index (χ1v) is 10.9. The lowest BCUT2D eigenvalue weighted by atomic mass is 10.1. The molecule has 0 atom stereocenters. The minimum absolute atomic E-state index is 0.800. The number of rotatable bonds is 8. The van der Waals surface area contributed by atoms with Gasteiger partial charge in [-0.2, -0.15) is 0 Å². The van der Waals surface area contributed by atoms with Crippen LogP contribution in [0.15, 0.2) is 30.3 Å². The Kier molecular flexibility index (Phi) is 9.71. The Morgan fingerprint density at radius 1 is 1.09 bits per heavy atom. The molecule has 0 amide bonds. The Morgan fingerprint density at radius 2 is 1.87 bits per heavy atom. The Balaban J connectivity index is 1.48. The van der Waals surface area contributed by atoms with Crippen molar-refractivity contribution in [3.05, 3.63) is 35.9 Å². The van der Waals surface area contributed by atoms with Gasteiger partial charge in [-0.1, -0.05) is 36.3 Å². The second-order valence-corrected chi connectivity index (χ2v) is 9.02. The fourth-order valence-electron chi connectivity index (χ4n) is 2.61. The molecule has 1 fully saturated rings. The van der Waals surface area contributed by atoms with Gasteiger partial charge in [-0.05, 0) is 62.8 Å². The van der Waals surface area contributed by atoms with Gasteiger partial charge in [-0.3, -0.25) is 4.90 Å². The number of aryl methyl sites for hydroxylation is 1. The first-order chi connectivity index (χ1) is 11.3. The molecule has 0 saturated carbocycles. The van der Waals surface area contributed by atoms with Crippen LogP contribution >= 0.6 is 23.5 Å². The Labute approximate surface area is 151 Å². The molecule has 1 aliphatic rings. The number of nitrogens with zero attached hydrogens (tertiary/aromatic N) is 1. The van der Waals surface area contributed by atoms with E-state index in [2.05, 4.69) is 77.6 Å². The van der Waals surface area contributed by atoms with Crippen LogP contribution in [0.25, 0.3) is 0 Å². The molecule has 0 radical (unpaired) electrons. The normalized spacial score (nSPS) is 15.4. The molecule has 0 unspecified atom stereocenters. The van der Waals surface area contributed by atoms with E-state index in [1.54, 1.807) is 0 Å². The molecule has 126 valence electrons. The molecule has 0 aliphatic carbocycles. The molecule has 1 aromatic carbocycles. The maximum atomic E-state index is 3.36. The highest BCUT2D eigenvalue weighted by Crippen LogP contribution is 2.33. The van der Waals surface area contributed by atoms with Gasteiger partial charge < -0.3 is 0 Å². The van der Waals surface area contributed by atoms with E-state index in [-0.39, 0.29) is 0 Å². The summed E-state index contributed by atoms with van der Waals surface area (Å²) in [7, 11) is 2.18. The van der Waals surface area contributed by atoms with Crippen molar-refractivity contribution < 1.29 is 0 Å². The topological polar surface area (TPSA) is 3.24 Å². The minimum atomic E-state index is 0.800. The van der Waals surface area contributed by atoms with Gasteiger partial charge in [0, 0.05) is 6.42 Å². The Hall–Kier alpha value is -0.560. The van der Waals surface area contributed by atoms with Crippen LogP contribution in [0.3, 0.4) is 0 Å². The van der Waals surface area contributed by atoms with Crippen molar-refractivity contribution in [2.24, 2.45) is 0 Å². The number of hydrogen-bond donors (Lipinski definition) is 0. The molecular weight excluding hydrogens is 318 g/mol. The first-order valence-electron chi connectivity index (χ1n) is 8.76. The zero-order valence-electron chi connectivity index (χ0n) is 14.3. The molecule has 0 spiro atoms. The van der Waals surface area contributed by atoms with E-state index in [0.717, 1.165) is 24.1 Å². The lowest BCUT2D eigenvalue weighted by Crippen LogP contribution is -2.20. The third kappa shape index (κ3) is 8.74. The molecule has 1 aliphatic heterocycles. The average Bonchev–Trinajstić information content (AvgIpc) is 2.60. The van der Waals surface area contributed by atoms with Crippen molar-refractivity contribution in [3.8, 4) is 11.8 Å². The minimum Gasteiger partial charge on any atom is -0.295 e. The van der Waals surface area contributed by atoms with Crippen LogP contribution < -0.4 is 0 Å². The summed E-state index contributed by atoms with van der Waals surface area (Å²) < 4.78 is 0.800. The van der Waals surface area contributed by atoms with Gasteiger partial charge in [-0.25, -0.2) is 0 Å². The maximum absolute atomic E-state index is 3.36. The molecular formula is C20H29NS2. The molecule has 1 nitrogen and oxygen atoms in total.